The zero-order valence-electron chi connectivity index (χ0n) is 18.5. The Morgan fingerprint density at radius 3 is 1.50 bits per heavy atom. The minimum atomic E-state index is 0.652. The molecule has 0 aliphatic rings. The van der Waals surface area contributed by atoms with Crippen molar-refractivity contribution in [2.75, 3.05) is 13.2 Å². The van der Waals surface area contributed by atoms with E-state index in [-0.39, 0.29) is 0 Å². The molecule has 2 rings (SSSR count). The van der Waals surface area contributed by atoms with E-state index in [2.05, 4.69) is 64.1 Å². The summed E-state index contributed by atoms with van der Waals surface area (Å²) in [5.41, 5.74) is 0. The molecule has 2 unspecified atom stereocenters. The summed E-state index contributed by atoms with van der Waals surface area (Å²) in [5.74, 6) is 3.24. The molecule has 2 aromatic rings. The van der Waals surface area contributed by atoms with E-state index in [1.807, 2.05) is 0 Å². The van der Waals surface area contributed by atoms with Crippen LogP contribution in [-0.4, -0.2) is 13.2 Å². The summed E-state index contributed by atoms with van der Waals surface area (Å²) in [7, 11) is 0. The zero-order chi connectivity index (χ0) is 20.2. The Morgan fingerprint density at radius 1 is 0.643 bits per heavy atom. The molecule has 0 spiro atoms. The molecule has 2 nitrogen and oxygen atoms in total. The van der Waals surface area contributed by atoms with Crippen molar-refractivity contribution in [2.45, 2.75) is 79.1 Å². The van der Waals surface area contributed by atoms with Gasteiger partial charge in [0.2, 0.25) is 0 Å². The second-order valence-electron chi connectivity index (χ2n) is 8.13. The van der Waals surface area contributed by atoms with Gasteiger partial charge in [0.05, 0.1) is 13.2 Å². The van der Waals surface area contributed by atoms with E-state index in [4.69, 9.17) is 9.47 Å². The van der Waals surface area contributed by atoms with Crippen LogP contribution < -0.4 is 9.47 Å². The van der Waals surface area contributed by atoms with Crippen LogP contribution in [0.2, 0.25) is 0 Å². The number of fused-ring (bicyclic) bond motifs is 1. The summed E-state index contributed by atoms with van der Waals surface area (Å²) in [5, 5.41) is 2.42. The van der Waals surface area contributed by atoms with Gasteiger partial charge < -0.3 is 9.47 Å². The Morgan fingerprint density at radius 2 is 1.11 bits per heavy atom. The van der Waals surface area contributed by atoms with Gasteiger partial charge in [-0.15, -0.1) is 0 Å². The predicted octanol–water partition coefficient (Wildman–Crippen LogP) is 8.03. The van der Waals surface area contributed by atoms with Gasteiger partial charge in [-0.1, -0.05) is 78.4 Å². The first kappa shape index (κ1) is 22.6. The SMILES string of the molecule is CCCCC(CC)COc1ccc2ccc(OCC(CC)CCCC)cc2c1. The van der Waals surface area contributed by atoms with Gasteiger partial charge in [-0.2, -0.15) is 0 Å². The highest BCUT2D eigenvalue weighted by Gasteiger charge is 2.09. The van der Waals surface area contributed by atoms with Gasteiger partial charge in [-0.25, -0.2) is 0 Å². The van der Waals surface area contributed by atoms with Gasteiger partial charge >= 0.3 is 0 Å². The number of unbranched alkanes of at least 4 members (excludes halogenated alkanes) is 2. The fourth-order valence-electron chi connectivity index (χ4n) is 3.61. The van der Waals surface area contributed by atoms with Crippen LogP contribution in [0.15, 0.2) is 36.4 Å². The Balaban J connectivity index is 1.97. The molecule has 0 saturated carbocycles. The lowest BCUT2D eigenvalue weighted by atomic mass is 10.0. The molecule has 2 aromatic carbocycles. The lowest BCUT2D eigenvalue weighted by Crippen LogP contribution is -2.11. The van der Waals surface area contributed by atoms with Crippen molar-refractivity contribution in [2.24, 2.45) is 11.8 Å². The molecule has 0 fully saturated rings. The highest BCUT2D eigenvalue weighted by molar-refractivity contribution is 5.85. The molecule has 156 valence electrons. The smallest absolute Gasteiger partial charge is 0.119 e. The minimum Gasteiger partial charge on any atom is -0.493 e. The molecule has 0 radical (unpaired) electrons. The molecule has 0 aliphatic heterocycles. The second-order valence-corrected chi connectivity index (χ2v) is 8.13. The van der Waals surface area contributed by atoms with Gasteiger partial charge in [0.25, 0.3) is 0 Å². The quantitative estimate of drug-likeness (QED) is 0.328. The molecule has 0 amide bonds. The Labute approximate surface area is 172 Å². The van der Waals surface area contributed by atoms with Gasteiger partial charge in [0, 0.05) is 0 Å². The summed E-state index contributed by atoms with van der Waals surface area (Å²) in [6.45, 7) is 10.7. The topological polar surface area (TPSA) is 18.5 Å². The van der Waals surface area contributed by atoms with Crippen LogP contribution in [0.4, 0.5) is 0 Å². The predicted molar refractivity (Wildman–Crippen MR) is 122 cm³/mol. The van der Waals surface area contributed by atoms with E-state index in [1.165, 1.54) is 62.1 Å². The summed E-state index contributed by atoms with van der Waals surface area (Å²) >= 11 is 0. The summed E-state index contributed by atoms with van der Waals surface area (Å²) in [4.78, 5) is 0. The van der Waals surface area contributed by atoms with E-state index < -0.39 is 0 Å². The Hall–Kier alpha value is -1.70. The van der Waals surface area contributed by atoms with E-state index >= 15 is 0 Å². The highest BCUT2D eigenvalue weighted by Crippen LogP contribution is 2.27. The van der Waals surface area contributed by atoms with E-state index in [1.54, 1.807) is 0 Å². The first-order valence-electron chi connectivity index (χ1n) is 11.5. The van der Waals surface area contributed by atoms with Gasteiger partial charge in [0.15, 0.2) is 0 Å². The number of benzene rings is 2. The Bertz CT molecular complexity index is 624. The summed E-state index contributed by atoms with van der Waals surface area (Å²) in [6.07, 6.45) is 9.97. The van der Waals surface area contributed by atoms with Crippen molar-refractivity contribution in [3.05, 3.63) is 36.4 Å². The maximum Gasteiger partial charge on any atom is 0.119 e. The molecule has 0 aromatic heterocycles. The average Bonchev–Trinajstić information content (AvgIpc) is 2.73. The van der Waals surface area contributed by atoms with E-state index in [0.717, 1.165) is 24.7 Å². The average molecular weight is 385 g/mol. The molecular weight excluding hydrogens is 344 g/mol. The number of hydrogen-bond donors (Lipinski definition) is 0. The van der Waals surface area contributed by atoms with Crippen LogP contribution in [0.25, 0.3) is 10.8 Å². The lowest BCUT2D eigenvalue weighted by molar-refractivity contribution is 0.233. The van der Waals surface area contributed by atoms with E-state index in [9.17, 15) is 0 Å². The molecule has 0 aliphatic carbocycles. The van der Waals surface area contributed by atoms with Crippen LogP contribution in [0.5, 0.6) is 11.5 Å². The molecule has 2 heteroatoms. The molecular formula is C26H40O2. The van der Waals surface area contributed by atoms with Gasteiger partial charge in [-0.05, 0) is 59.7 Å². The second kappa shape index (κ2) is 12.7. The van der Waals surface area contributed by atoms with Crippen molar-refractivity contribution >= 4 is 10.8 Å². The van der Waals surface area contributed by atoms with Crippen molar-refractivity contribution in [3.8, 4) is 11.5 Å². The van der Waals surface area contributed by atoms with Crippen molar-refractivity contribution in [1.82, 2.24) is 0 Å². The van der Waals surface area contributed by atoms with Crippen LogP contribution in [-0.2, 0) is 0 Å². The van der Waals surface area contributed by atoms with Crippen LogP contribution in [0.1, 0.15) is 79.1 Å². The van der Waals surface area contributed by atoms with E-state index in [0.29, 0.717) is 11.8 Å². The third-order valence-corrected chi connectivity index (χ3v) is 5.84. The molecule has 0 heterocycles. The lowest BCUT2D eigenvalue weighted by Gasteiger charge is -2.17. The van der Waals surface area contributed by atoms with Crippen LogP contribution in [0.3, 0.4) is 0 Å². The first-order valence-corrected chi connectivity index (χ1v) is 11.5. The summed E-state index contributed by atoms with van der Waals surface area (Å²) in [6, 6.07) is 12.8. The molecule has 2 atom stereocenters. The van der Waals surface area contributed by atoms with Crippen LogP contribution >= 0.6 is 0 Å². The third kappa shape index (κ3) is 7.37. The zero-order valence-corrected chi connectivity index (χ0v) is 18.5. The van der Waals surface area contributed by atoms with Crippen molar-refractivity contribution in [1.29, 1.82) is 0 Å². The maximum atomic E-state index is 6.12. The van der Waals surface area contributed by atoms with Gasteiger partial charge in [-0.3, -0.25) is 0 Å². The van der Waals surface area contributed by atoms with Crippen molar-refractivity contribution < 1.29 is 9.47 Å². The first-order chi connectivity index (χ1) is 13.7. The highest BCUT2D eigenvalue weighted by atomic mass is 16.5. The van der Waals surface area contributed by atoms with Crippen molar-refractivity contribution in [3.63, 3.8) is 0 Å². The molecule has 0 N–H and O–H groups in total. The van der Waals surface area contributed by atoms with Crippen LogP contribution in [0, 0.1) is 11.8 Å². The molecule has 28 heavy (non-hydrogen) atoms. The number of ether oxygens (including phenoxy) is 2. The Kier molecular flexibility index (Phi) is 10.2. The fraction of sp³-hybridized carbons (Fsp3) is 0.615. The standard InChI is InChI=1S/C26H40O2/c1-5-9-11-21(7-3)19-27-25-15-13-23-14-16-26(18-24(23)17-25)28-20-22(8-4)12-10-6-2/h13-18,21-22H,5-12,19-20H2,1-4H3. The number of rotatable bonds is 14. The minimum absolute atomic E-state index is 0.652. The normalized spacial score (nSPS) is 13.4. The summed E-state index contributed by atoms with van der Waals surface area (Å²) < 4.78 is 12.2. The monoisotopic (exact) mass is 384 g/mol. The number of hydrogen-bond acceptors (Lipinski definition) is 2. The largest absolute Gasteiger partial charge is 0.493 e. The fourth-order valence-corrected chi connectivity index (χ4v) is 3.61. The third-order valence-electron chi connectivity index (χ3n) is 5.84. The molecule has 0 saturated heterocycles. The van der Waals surface area contributed by atoms with Gasteiger partial charge in [0.1, 0.15) is 11.5 Å². The molecule has 0 bridgehead atoms. The maximum absolute atomic E-state index is 6.12.